The molecule has 3 rings (SSSR count). The molecular formula is C21H18ClNO3. The van der Waals surface area contributed by atoms with Crippen LogP contribution in [0.1, 0.15) is 5.56 Å². The molecule has 3 aromatic rings. The molecule has 0 aromatic heterocycles. The van der Waals surface area contributed by atoms with Crippen molar-refractivity contribution in [1.29, 1.82) is 0 Å². The summed E-state index contributed by atoms with van der Waals surface area (Å²) >= 11 is 5.81. The fourth-order valence-corrected chi connectivity index (χ4v) is 2.38. The number of carbonyl (C=O) groups excluding carboxylic acids is 1. The topological polar surface area (TPSA) is 47.6 Å². The molecule has 0 atom stereocenters. The number of hydrogen-bond donors (Lipinski definition) is 1. The number of ether oxygens (including phenoxy) is 2. The first-order chi connectivity index (χ1) is 12.7. The molecule has 0 aliphatic heterocycles. The molecule has 5 heteroatoms. The van der Waals surface area contributed by atoms with E-state index in [0.717, 1.165) is 11.3 Å². The zero-order valence-electron chi connectivity index (χ0n) is 14.0. The molecule has 1 N–H and O–H groups in total. The molecule has 0 aliphatic rings. The SMILES string of the molecule is O=C(COc1ccc(Cl)cc1)Nc1ccc(OCc2ccccc2)cc1. The highest BCUT2D eigenvalue weighted by Crippen LogP contribution is 2.18. The minimum atomic E-state index is -0.238. The third-order valence-corrected chi connectivity index (χ3v) is 3.82. The van der Waals surface area contributed by atoms with Crippen LogP contribution < -0.4 is 14.8 Å². The Hall–Kier alpha value is -2.98. The van der Waals surface area contributed by atoms with Crippen molar-refractivity contribution < 1.29 is 14.3 Å². The second-order valence-electron chi connectivity index (χ2n) is 5.59. The van der Waals surface area contributed by atoms with Crippen molar-refractivity contribution in [2.24, 2.45) is 0 Å². The van der Waals surface area contributed by atoms with Gasteiger partial charge in [-0.1, -0.05) is 41.9 Å². The molecule has 3 aromatic carbocycles. The highest BCUT2D eigenvalue weighted by Gasteiger charge is 2.04. The minimum Gasteiger partial charge on any atom is -0.489 e. The Morgan fingerprint density at radius 1 is 0.808 bits per heavy atom. The number of halogens is 1. The van der Waals surface area contributed by atoms with Crippen LogP contribution in [0.2, 0.25) is 5.02 Å². The predicted molar refractivity (Wildman–Crippen MR) is 103 cm³/mol. The van der Waals surface area contributed by atoms with Crippen LogP contribution in [-0.4, -0.2) is 12.5 Å². The van der Waals surface area contributed by atoms with Gasteiger partial charge in [0.25, 0.3) is 5.91 Å². The molecule has 4 nitrogen and oxygen atoms in total. The van der Waals surface area contributed by atoms with Gasteiger partial charge >= 0.3 is 0 Å². The molecule has 0 bridgehead atoms. The Labute approximate surface area is 157 Å². The van der Waals surface area contributed by atoms with Crippen molar-refractivity contribution in [1.82, 2.24) is 0 Å². The predicted octanol–water partition coefficient (Wildman–Crippen LogP) is 4.94. The first kappa shape index (κ1) is 17.8. The lowest BCUT2D eigenvalue weighted by Gasteiger charge is -2.09. The molecule has 132 valence electrons. The number of rotatable bonds is 7. The Bertz CT molecular complexity index is 833. The van der Waals surface area contributed by atoms with Crippen LogP contribution in [0, 0.1) is 0 Å². The van der Waals surface area contributed by atoms with Gasteiger partial charge in [-0.2, -0.15) is 0 Å². The lowest BCUT2D eigenvalue weighted by molar-refractivity contribution is -0.118. The van der Waals surface area contributed by atoms with Crippen LogP contribution in [0.3, 0.4) is 0 Å². The third-order valence-electron chi connectivity index (χ3n) is 3.57. The summed E-state index contributed by atoms with van der Waals surface area (Å²) < 4.78 is 11.1. The van der Waals surface area contributed by atoms with Gasteiger partial charge in [-0.05, 0) is 54.1 Å². The molecule has 0 saturated heterocycles. The van der Waals surface area contributed by atoms with Crippen molar-refractivity contribution in [3.8, 4) is 11.5 Å². The van der Waals surface area contributed by atoms with Gasteiger partial charge in [0.2, 0.25) is 0 Å². The van der Waals surface area contributed by atoms with Crippen LogP contribution in [0.15, 0.2) is 78.9 Å². The fourth-order valence-electron chi connectivity index (χ4n) is 2.25. The van der Waals surface area contributed by atoms with Crippen molar-refractivity contribution in [3.63, 3.8) is 0 Å². The van der Waals surface area contributed by atoms with E-state index in [1.54, 1.807) is 36.4 Å². The molecular weight excluding hydrogens is 350 g/mol. The summed E-state index contributed by atoms with van der Waals surface area (Å²) in [7, 11) is 0. The van der Waals surface area contributed by atoms with Crippen LogP contribution in [-0.2, 0) is 11.4 Å². The standard InChI is InChI=1S/C21H18ClNO3/c22-17-6-10-19(11-7-17)26-15-21(24)23-18-8-12-20(13-9-18)25-14-16-4-2-1-3-5-16/h1-13H,14-15H2,(H,23,24). The number of hydrogen-bond acceptors (Lipinski definition) is 3. The zero-order chi connectivity index (χ0) is 18.2. The third kappa shape index (κ3) is 5.53. The van der Waals surface area contributed by atoms with Gasteiger partial charge in [0.1, 0.15) is 18.1 Å². The van der Waals surface area contributed by atoms with Crippen molar-refractivity contribution >= 4 is 23.2 Å². The van der Waals surface area contributed by atoms with E-state index in [2.05, 4.69) is 5.32 Å². The van der Waals surface area contributed by atoms with E-state index in [1.165, 1.54) is 0 Å². The first-order valence-corrected chi connectivity index (χ1v) is 8.52. The van der Waals surface area contributed by atoms with Gasteiger partial charge in [0.15, 0.2) is 6.61 Å². The van der Waals surface area contributed by atoms with E-state index in [4.69, 9.17) is 21.1 Å². The number of benzene rings is 3. The molecule has 0 heterocycles. The van der Waals surface area contributed by atoms with E-state index >= 15 is 0 Å². The second-order valence-corrected chi connectivity index (χ2v) is 6.03. The Morgan fingerprint density at radius 2 is 1.42 bits per heavy atom. The largest absolute Gasteiger partial charge is 0.489 e. The monoisotopic (exact) mass is 367 g/mol. The molecule has 0 saturated carbocycles. The first-order valence-electron chi connectivity index (χ1n) is 8.14. The van der Waals surface area contributed by atoms with Crippen LogP contribution in [0.25, 0.3) is 0 Å². The maximum atomic E-state index is 12.0. The molecule has 0 fully saturated rings. The van der Waals surface area contributed by atoms with E-state index in [-0.39, 0.29) is 12.5 Å². The van der Waals surface area contributed by atoms with E-state index in [0.29, 0.717) is 23.1 Å². The van der Waals surface area contributed by atoms with Crippen molar-refractivity contribution in [2.45, 2.75) is 6.61 Å². The van der Waals surface area contributed by atoms with Gasteiger partial charge in [-0.25, -0.2) is 0 Å². The summed E-state index contributed by atoms with van der Waals surface area (Å²) in [6.45, 7) is 0.426. The van der Waals surface area contributed by atoms with Gasteiger partial charge in [-0.3, -0.25) is 4.79 Å². The highest BCUT2D eigenvalue weighted by atomic mass is 35.5. The minimum absolute atomic E-state index is 0.0755. The average molecular weight is 368 g/mol. The summed E-state index contributed by atoms with van der Waals surface area (Å²) in [6.07, 6.45) is 0. The van der Waals surface area contributed by atoms with E-state index < -0.39 is 0 Å². The lowest BCUT2D eigenvalue weighted by Crippen LogP contribution is -2.20. The highest BCUT2D eigenvalue weighted by molar-refractivity contribution is 6.30. The summed E-state index contributed by atoms with van der Waals surface area (Å²) in [6, 6.07) is 24.0. The van der Waals surface area contributed by atoms with Crippen LogP contribution >= 0.6 is 11.6 Å². The fraction of sp³-hybridized carbons (Fsp3) is 0.0952. The Morgan fingerprint density at radius 3 is 2.12 bits per heavy atom. The van der Waals surface area contributed by atoms with Crippen LogP contribution in [0.4, 0.5) is 5.69 Å². The van der Waals surface area contributed by atoms with Crippen molar-refractivity contribution in [2.75, 3.05) is 11.9 Å². The van der Waals surface area contributed by atoms with E-state index in [1.807, 2.05) is 42.5 Å². The number of amides is 1. The maximum Gasteiger partial charge on any atom is 0.262 e. The molecule has 0 aliphatic carbocycles. The van der Waals surface area contributed by atoms with E-state index in [9.17, 15) is 4.79 Å². The summed E-state index contributed by atoms with van der Waals surface area (Å²) in [5, 5.41) is 3.40. The summed E-state index contributed by atoms with van der Waals surface area (Å²) in [4.78, 5) is 12.0. The van der Waals surface area contributed by atoms with Gasteiger partial charge in [0.05, 0.1) is 0 Å². The Kier molecular flexibility index (Phi) is 6.12. The number of nitrogens with one attached hydrogen (secondary N) is 1. The summed E-state index contributed by atoms with van der Waals surface area (Å²) in [5.74, 6) is 1.09. The molecule has 0 radical (unpaired) electrons. The second kappa shape index (κ2) is 8.92. The molecule has 0 spiro atoms. The quantitative estimate of drug-likeness (QED) is 0.643. The van der Waals surface area contributed by atoms with Gasteiger partial charge in [0, 0.05) is 10.7 Å². The molecule has 0 unspecified atom stereocenters. The van der Waals surface area contributed by atoms with Crippen molar-refractivity contribution in [3.05, 3.63) is 89.4 Å². The smallest absolute Gasteiger partial charge is 0.262 e. The average Bonchev–Trinajstić information content (AvgIpc) is 2.68. The zero-order valence-corrected chi connectivity index (χ0v) is 14.8. The van der Waals surface area contributed by atoms with Gasteiger partial charge in [-0.15, -0.1) is 0 Å². The number of carbonyl (C=O) groups is 1. The normalized spacial score (nSPS) is 10.2. The lowest BCUT2D eigenvalue weighted by atomic mass is 10.2. The number of anilines is 1. The van der Waals surface area contributed by atoms with Crippen LogP contribution in [0.5, 0.6) is 11.5 Å². The Balaban J connectivity index is 1.45. The summed E-state index contributed by atoms with van der Waals surface area (Å²) in [5.41, 5.74) is 1.78. The van der Waals surface area contributed by atoms with Gasteiger partial charge < -0.3 is 14.8 Å². The molecule has 1 amide bonds. The maximum absolute atomic E-state index is 12.0. The molecule has 26 heavy (non-hydrogen) atoms.